The normalized spacial score (nSPS) is 15.0. The van der Waals surface area contributed by atoms with Crippen LogP contribution in [-0.4, -0.2) is 39.7 Å². The highest BCUT2D eigenvalue weighted by Gasteiger charge is 2.32. The van der Waals surface area contributed by atoms with E-state index in [-0.39, 0.29) is 21.9 Å². The van der Waals surface area contributed by atoms with Gasteiger partial charge in [-0.25, -0.2) is 13.2 Å². The number of carboxylic acids is 1. The molecule has 0 bridgehead atoms. The summed E-state index contributed by atoms with van der Waals surface area (Å²) < 4.78 is 73.9. The highest BCUT2D eigenvalue weighted by molar-refractivity contribution is 7.92. The number of alkyl halides is 3. The minimum Gasteiger partial charge on any atom is -0.495 e. The first-order valence-corrected chi connectivity index (χ1v) is 11.6. The minimum atomic E-state index is -4.65. The molecule has 0 unspecified atom stereocenters. The van der Waals surface area contributed by atoms with Crippen LogP contribution in [0.1, 0.15) is 30.4 Å². The molecule has 178 valence electrons. The number of piperidine rings is 1. The summed E-state index contributed by atoms with van der Waals surface area (Å²) in [5.41, 5.74) is -0.558. The Bertz CT molecular complexity index is 1160. The van der Waals surface area contributed by atoms with Crippen LogP contribution in [0.2, 0.25) is 0 Å². The van der Waals surface area contributed by atoms with Crippen LogP contribution in [0.15, 0.2) is 47.4 Å². The molecule has 1 heterocycles. The molecule has 1 aliphatic heterocycles. The van der Waals surface area contributed by atoms with Crippen LogP contribution < -0.4 is 14.4 Å². The molecule has 3 rings (SSSR count). The minimum absolute atomic E-state index is 0.0403. The molecule has 0 aromatic heterocycles. The lowest BCUT2D eigenvalue weighted by atomic mass is 10.1. The van der Waals surface area contributed by atoms with E-state index in [9.17, 15) is 26.4 Å². The van der Waals surface area contributed by atoms with Crippen molar-refractivity contribution in [3.05, 3.63) is 53.6 Å². The lowest BCUT2D eigenvalue weighted by Gasteiger charge is -2.31. The van der Waals surface area contributed by atoms with E-state index in [0.717, 1.165) is 37.5 Å². The van der Waals surface area contributed by atoms with Gasteiger partial charge in [-0.3, -0.25) is 4.72 Å². The van der Waals surface area contributed by atoms with E-state index in [4.69, 9.17) is 9.84 Å². The van der Waals surface area contributed by atoms with Crippen molar-refractivity contribution in [1.82, 2.24) is 0 Å². The highest BCUT2D eigenvalue weighted by Crippen LogP contribution is 2.38. The van der Waals surface area contributed by atoms with E-state index in [1.807, 2.05) is 4.90 Å². The van der Waals surface area contributed by atoms with Crippen molar-refractivity contribution in [3.8, 4) is 5.75 Å². The van der Waals surface area contributed by atoms with Gasteiger partial charge < -0.3 is 14.7 Å². The van der Waals surface area contributed by atoms with Crippen molar-refractivity contribution >= 4 is 33.4 Å². The average Bonchev–Trinajstić information content (AvgIpc) is 2.77. The number of carboxylic acid groups (broad SMARTS) is 1. The Labute approximate surface area is 189 Å². The molecule has 33 heavy (non-hydrogen) atoms. The van der Waals surface area contributed by atoms with Crippen LogP contribution in [0.3, 0.4) is 0 Å². The molecule has 1 saturated heterocycles. The molecule has 2 aromatic rings. The van der Waals surface area contributed by atoms with Crippen molar-refractivity contribution in [1.29, 1.82) is 0 Å². The third-order valence-electron chi connectivity index (χ3n) is 5.16. The number of carbonyl (C=O) groups is 1. The molecule has 1 fully saturated rings. The smallest absolute Gasteiger partial charge is 0.416 e. The Morgan fingerprint density at radius 2 is 1.82 bits per heavy atom. The molecule has 2 N–H and O–H groups in total. The van der Waals surface area contributed by atoms with E-state index >= 15 is 0 Å². The Hall–Kier alpha value is -3.21. The predicted octanol–water partition coefficient (Wildman–Crippen LogP) is 4.60. The maximum absolute atomic E-state index is 13.4. The summed E-state index contributed by atoms with van der Waals surface area (Å²) in [7, 11) is -3.14. The van der Waals surface area contributed by atoms with Crippen LogP contribution >= 0.6 is 0 Å². The molecule has 2 aromatic carbocycles. The first-order chi connectivity index (χ1) is 15.5. The van der Waals surface area contributed by atoms with Gasteiger partial charge in [0.15, 0.2) is 0 Å². The fourth-order valence-corrected chi connectivity index (χ4v) is 4.85. The number of aliphatic carboxylic acids is 1. The number of hydrogen-bond donors (Lipinski definition) is 2. The summed E-state index contributed by atoms with van der Waals surface area (Å²) in [5.74, 6) is -1.26. The molecule has 0 spiro atoms. The van der Waals surface area contributed by atoms with E-state index < -0.39 is 27.7 Å². The van der Waals surface area contributed by atoms with Gasteiger partial charge in [0, 0.05) is 19.2 Å². The molecular weight excluding hydrogens is 461 g/mol. The van der Waals surface area contributed by atoms with Gasteiger partial charge in [-0.1, -0.05) is 6.07 Å². The molecule has 0 aliphatic carbocycles. The van der Waals surface area contributed by atoms with Crippen molar-refractivity contribution in [3.63, 3.8) is 0 Å². The Balaban J connectivity index is 2.07. The maximum atomic E-state index is 13.4. The lowest BCUT2D eigenvalue weighted by molar-refractivity contribution is -0.137. The second kappa shape index (κ2) is 9.74. The molecule has 0 saturated carbocycles. The van der Waals surface area contributed by atoms with Gasteiger partial charge in [-0.2, -0.15) is 13.2 Å². The van der Waals surface area contributed by atoms with Crippen LogP contribution in [0, 0.1) is 0 Å². The standard InChI is InChI=1S/C22H23F3N2O5S/c1-32-19-9-5-15(6-10-21(28)29)13-20(19)33(30,31)26-17-14-16(22(23,24)25)7-8-18(17)27-11-3-2-4-12-27/h5-10,13-14,26H,2-4,11-12H2,1H3,(H,28,29)/b10-6+. The van der Waals surface area contributed by atoms with Crippen LogP contribution in [-0.2, 0) is 21.0 Å². The summed E-state index contributed by atoms with van der Waals surface area (Å²) in [4.78, 5) is 12.3. The lowest BCUT2D eigenvalue weighted by Crippen LogP contribution is -2.30. The first kappa shape index (κ1) is 24.4. The fourth-order valence-electron chi connectivity index (χ4n) is 3.58. The topological polar surface area (TPSA) is 95.9 Å². The van der Waals surface area contributed by atoms with Gasteiger partial charge in [0.2, 0.25) is 0 Å². The van der Waals surface area contributed by atoms with E-state index in [1.54, 1.807) is 0 Å². The quantitative estimate of drug-likeness (QED) is 0.558. The van der Waals surface area contributed by atoms with E-state index in [1.165, 1.54) is 37.5 Å². The second-order valence-electron chi connectivity index (χ2n) is 7.46. The zero-order valence-electron chi connectivity index (χ0n) is 17.7. The molecule has 0 atom stereocenters. The number of anilines is 2. The van der Waals surface area contributed by atoms with Crippen LogP contribution in [0.5, 0.6) is 5.75 Å². The number of nitrogens with one attached hydrogen (secondary N) is 1. The van der Waals surface area contributed by atoms with Crippen molar-refractivity contribution in [2.24, 2.45) is 0 Å². The number of benzene rings is 2. The monoisotopic (exact) mass is 484 g/mol. The van der Waals surface area contributed by atoms with Gasteiger partial charge in [0.1, 0.15) is 10.6 Å². The largest absolute Gasteiger partial charge is 0.495 e. The molecule has 0 radical (unpaired) electrons. The fraction of sp³-hybridized carbons (Fsp3) is 0.318. The zero-order valence-corrected chi connectivity index (χ0v) is 18.5. The van der Waals surface area contributed by atoms with Gasteiger partial charge in [0.05, 0.1) is 24.0 Å². The SMILES string of the molecule is COc1ccc(/C=C/C(=O)O)cc1S(=O)(=O)Nc1cc(C(F)(F)F)ccc1N1CCCCC1. The van der Waals surface area contributed by atoms with Gasteiger partial charge >= 0.3 is 12.1 Å². The second-order valence-corrected chi connectivity index (χ2v) is 9.12. The third-order valence-corrected chi connectivity index (χ3v) is 6.55. The van der Waals surface area contributed by atoms with Crippen molar-refractivity contribution in [2.45, 2.75) is 30.3 Å². The maximum Gasteiger partial charge on any atom is 0.416 e. The van der Waals surface area contributed by atoms with Crippen LogP contribution in [0.25, 0.3) is 6.08 Å². The number of sulfonamides is 1. The van der Waals surface area contributed by atoms with Crippen LogP contribution in [0.4, 0.5) is 24.5 Å². The molecule has 11 heteroatoms. The van der Waals surface area contributed by atoms with Crippen molar-refractivity contribution in [2.75, 3.05) is 29.8 Å². The molecule has 1 aliphatic rings. The van der Waals surface area contributed by atoms with Gasteiger partial charge in [-0.15, -0.1) is 0 Å². The molecular formula is C22H23F3N2O5S. The number of rotatable bonds is 7. The Morgan fingerprint density at radius 3 is 2.42 bits per heavy atom. The number of nitrogens with zero attached hydrogens (tertiary/aromatic N) is 1. The van der Waals surface area contributed by atoms with Gasteiger partial charge in [0.25, 0.3) is 10.0 Å². The predicted molar refractivity (Wildman–Crippen MR) is 118 cm³/mol. The highest BCUT2D eigenvalue weighted by atomic mass is 32.2. The summed E-state index contributed by atoms with van der Waals surface area (Å²) >= 11 is 0. The first-order valence-electron chi connectivity index (χ1n) is 10.1. The Morgan fingerprint density at radius 1 is 1.12 bits per heavy atom. The summed E-state index contributed by atoms with van der Waals surface area (Å²) in [6.45, 7) is 1.19. The number of hydrogen-bond acceptors (Lipinski definition) is 5. The zero-order chi connectivity index (χ0) is 24.2. The number of methoxy groups -OCH3 is 1. The van der Waals surface area contributed by atoms with Crippen molar-refractivity contribution < 1.29 is 36.2 Å². The molecule has 7 nitrogen and oxygen atoms in total. The third kappa shape index (κ3) is 5.98. The summed E-state index contributed by atoms with van der Waals surface area (Å²) in [6, 6.07) is 6.97. The summed E-state index contributed by atoms with van der Waals surface area (Å²) in [6.07, 6.45) is 0.0705. The van der Waals surface area contributed by atoms with Gasteiger partial charge in [-0.05, 0) is 61.2 Å². The number of ether oxygens (including phenoxy) is 1. The number of halogens is 3. The van der Waals surface area contributed by atoms with E-state index in [0.29, 0.717) is 18.8 Å². The average molecular weight is 484 g/mol. The van der Waals surface area contributed by atoms with E-state index in [2.05, 4.69) is 4.72 Å². The molecule has 0 amide bonds. The summed E-state index contributed by atoms with van der Waals surface area (Å²) in [5, 5.41) is 8.81. The Kier molecular flexibility index (Phi) is 7.21.